The Labute approximate surface area is 200 Å². The van der Waals surface area contributed by atoms with E-state index in [1.165, 1.54) is 12.3 Å². The number of hydrogen-bond acceptors (Lipinski definition) is 8. The average molecular weight is 482 g/mol. The SMILES string of the molecule is COC1(CO)CCN(c2nc(-c3cc(-c4ccon4)n(Cc4ccccc4F)n3)ncc2F)CC1. The summed E-state index contributed by atoms with van der Waals surface area (Å²) in [7, 11) is 1.57. The second-order valence-electron chi connectivity index (χ2n) is 8.45. The standard InChI is InChI=1S/C24H24F2N6O3/c1-34-24(15-33)7-9-31(10-8-24)23-18(26)13-27-22(28-23)20-12-21(19-6-11-35-30-19)32(29-20)14-16-4-2-3-5-17(16)25/h2-6,11-13,33H,7-10,14-15H2,1H3. The van der Waals surface area contributed by atoms with Crippen LogP contribution >= 0.6 is 0 Å². The van der Waals surface area contributed by atoms with Gasteiger partial charge in [0, 0.05) is 31.8 Å². The van der Waals surface area contributed by atoms with Gasteiger partial charge in [0.25, 0.3) is 0 Å². The van der Waals surface area contributed by atoms with Gasteiger partial charge in [0.05, 0.1) is 30.6 Å². The first-order valence-electron chi connectivity index (χ1n) is 11.2. The Morgan fingerprint density at radius 2 is 1.91 bits per heavy atom. The van der Waals surface area contributed by atoms with E-state index >= 15 is 0 Å². The van der Waals surface area contributed by atoms with Crippen molar-refractivity contribution in [3.05, 3.63) is 66.1 Å². The van der Waals surface area contributed by atoms with Crippen LogP contribution in [0, 0.1) is 11.6 Å². The second kappa shape index (κ2) is 9.51. The molecule has 1 N–H and O–H groups in total. The molecule has 0 atom stereocenters. The van der Waals surface area contributed by atoms with Crippen molar-refractivity contribution in [1.29, 1.82) is 0 Å². The number of aromatic nitrogens is 5. The van der Waals surface area contributed by atoms with Gasteiger partial charge in [-0.2, -0.15) is 5.10 Å². The number of anilines is 1. The zero-order chi connectivity index (χ0) is 24.4. The minimum absolute atomic E-state index is 0.0981. The maximum atomic E-state index is 14.7. The van der Waals surface area contributed by atoms with Crippen LogP contribution in [0.2, 0.25) is 0 Å². The van der Waals surface area contributed by atoms with E-state index in [0.717, 1.165) is 6.20 Å². The first-order valence-corrected chi connectivity index (χ1v) is 11.2. The van der Waals surface area contributed by atoms with Crippen LogP contribution in [0.3, 0.4) is 0 Å². The smallest absolute Gasteiger partial charge is 0.183 e. The Morgan fingerprint density at radius 3 is 2.60 bits per heavy atom. The Morgan fingerprint density at radius 1 is 1.11 bits per heavy atom. The highest BCUT2D eigenvalue weighted by Crippen LogP contribution is 2.31. The van der Waals surface area contributed by atoms with Gasteiger partial charge in [0.1, 0.15) is 23.5 Å². The number of aliphatic hydroxyl groups is 1. The van der Waals surface area contributed by atoms with E-state index in [1.807, 2.05) is 4.90 Å². The van der Waals surface area contributed by atoms with E-state index in [1.54, 1.807) is 42.1 Å². The molecule has 0 unspecified atom stereocenters. The number of rotatable bonds is 7. The van der Waals surface area contributed by atoms with Crippen molar-refractivity contribution in [2.75, 3.05) is 31.7 Å². The molecule has 1 fully saturated rings. The Balaban J connectivity index is 1.48. The van der Waals surface area contributed by atoms with Gasteiger partial charge in [-0.1, -0.05) is 23.4 Å². The van der Waals surface area contributed by atoms with Gasteiger partial charge in [-0.05, 0) is 25.0 Å². The van der Waals surface area contributed by atoms with Crippen molar-refractivity contribution >= 4 is 5.82 Å². The number of methoxy groups -OCH3 is 1. The molecular formula is C24H24F2N6O3. The van der Waals surface area contributed by atoms with Gasteiger partial charge < -0.3 is 19.3 Å². The summed E-state index contributed by atoms with van der Waals surface area (Å²) in [5, 5.41) is 18.3. The van der Waals surface area contributed by atoms with E-state index in [4.69, 9.17) is 9.26 Å². The lowest BCUT2D eigenvalue weighted by Gasteiger charge is -2.40. The third-order valence-corrected chi connectivity index (χ3v) is 6.41. The van der Waals surface area contributed by atoms with Crippen LogP contribution in [0.25, 0.3) is 22.9 Å². The predicted octanol–water partition coefficient (Wildman–Crippen LogP) is 3.30. The van der Waals surface area contributed by atoms with E-state index in [2.05, 4.69) is 20.2 Å². The zero-order valence-electron chi connectivity index (χ0n) is 19.1. The molecule has 4 heterocycles. The lowest BCUT2D eigenvalue weighted by Crippen LogP contribution is -2.48. The molecule has 1 saturated heterocycles. The van der Waals surface area contributed by atoms with Gasteiger partial charge in [0.2, 0.25) is 0 Å². The van der Waals surface area contributed by atoms with Crippen LogP contribution in [0.1, 0.15) is 18.4 Å². The summed E-state index contributed by atoms with van der Waals surface area (Å²) < 4.78 is 41.1. The van der Waals surface area contributed by atoms with Crippen molar-refractivity contribution in [1.82, 2.24) is 24.9 Å². The molecule has 3 aromatic heterocycles. The van der Waals surface area contributed by atoms with Gasteiger partial charge >= 0.3 is 0 Å². The number of nitrogens with zero attached hydrogens (tertiary/aromatic N) is 6. The molecule has 0 radical (unpaired) electrons. The molecule has 5 rings (SSSR count). The van der Waals surface area contributed by atoms with Gasteiger partial charge in [0.15, 0.2) is 17.5 Å². The summed E-state index contributed by atoms with van der Waals surface area (Å²) in [6.45, 7) is 0.982. The van der Waals surface area contributed by atoms with Crippen molar-refractivity contribution in [3.63, 3.8) is 0 Å². The number of aliphatic hydroxyl groups excluding tert-OH is 1. The van der Waals surface area contributed by atoms with Gasteiger partial charge in [-0.3, -0.25) is 4.68 Å². The first kappa shape index (κ1) is 23.1. The molecule has 1 aromatic carbocycles. The number of ether oxygens (including phenoxy) is 1. The first-order chi connectivity index (χ1) is 17.0. The molecule has 0 saturated carbocycles. The Kier molecular flexibility index (Phi) is 6.27. The minimum atomic E-state index is -0.624. The summed E-state index contributed by atoms with van der Waals surface area (Å²) >= 11 is 0. The van der Waals surface area contributed by atoms with Crippen LogP contribution in [0.15, 0.2) is 53.4 Å². The molecule has 9 nitrogen and oxygen atoms in total. The fraction of sp³-hybridized carbons (Fsp3) is 0.333. The Bertz CT molecular complexity index is 1300. The summed E-state index contributed by atoms with van der Waals surface area (Å²) in [6, 6.07) is 9.83. The fourth-order valence-corrected chi connectivity index (χ4v) is 4.24. The number of piperidine rings is 1. The van der Waals surface area contributed by atoms with E-state index < -0.39 is 11.4 Å². The zero-order valence-corrected chi connectivity index (χ0v) is 19.1. The van der Waals surface area contributed by atoms with Crippen LogP contribution in [0.4, 0.5) is 14.6 Å². The normalized spacial score (nSPS) is 15.5. The lowest BCUT2D eigenvalue weighted by molar-refractivity contribution is -0.0674. The monoisotopic (exact) mass is 482 g/mol. The second-order valence-corrected chi connectivity index (χ2v) is 8.45. The van der Waals surface area contributed by atoms with Crippen LogP contribution in [-0.4, -0.2) is 62.4 Å². The molecule has 0 aliphatic carbocycles. The average Bonchev–Trinajstić information content (AvgIpc) is 3.56. The summed E-state index contributed by atoms with van der Waals surface area (Å²) in [5.74, 6) is -0.519. The third-order valence-electron chi connectivity index (χ3n) is 6.41. The van der Waals surface area contributed by atoms with Crippen molar-refractivity contribution in [2.24, 2.45) is 0 Å². The topological polar surface area (TPSA) is 102 Å². The predicted molar refractivity (Wildman–Crippen MR) is 122 cm³/mol. The molecule has 11 heteroatoms. The van der Waals surface area contributed by atoms with E-state index in [-0.39, 0.29) is 30.6 Å². The molecule has 0 amide bonds. The molecule has 0 spiro atoms. The van der Waals surface area contributed by atoms with E-state index in [0.29, 0.717) is 48.6 Å². The molecular weight excluding hydrogens is 458 g/mol. The summed E-state index contributed by atoms with van der Waals surface area (Å²) in [6.07, 6.45) is 3.62. The molecule has 35 heavy (non-hydrogen) atoms. The lowest BCUT2D eigenvalue weighted by atomic mass is 9.92. The van der Waals surface area contributed by atoms with Crippen LogP contribution in [0.5, 0.6) is 0 Å². The molecule has 4 aromatic rings. The number of hydrogen-bond donors (Lipinski definition) is 1. The van der Waals surface area contributed by atoms with E-state index in [9.17, 15) is 13.9 Å². The van der Waals surface area contributed by atoms with Crippen LogP contribution < -0.4 is 4.90 Å². The van der Waals surface area contributed by atoms with Gasteiger partial charge in [-0.15, -0.1) is 0 Å². The van der Waals surface area contributed by atoms with Crippen molar-refractivity contribution < 1.29 is 23.1 Å². The number of halogens is 2. The number of benzene rings is 1. The maximum absolute atomic E-state index is 14.7. The highest BCUT2D eigenvalue weighted by Gasteiger charge is 2.35. The maximum Gasteiger partial charge on any atom is 0.183 e. The highest BCUT2D eigenvalue weighted by molar-refractivity contribution is 5.63. The molecule has 0 bridgehead atoms. The Hall–Kier alpha value is -3.70. The summed E-state index contributed by atoms with van der Waals surface area (Å²) in [4.78, 5) is 10.4. The van der Waals surface area contributed by atoms with Gasteiger partial charge in [-0.25, -0.2) is 18.7 Å². The molecule has 182 valence electrons. The summed E-state index contributed by atoms with van der Waals surface area (Å²) in [5.41, 5.74) is 1.31. The molecule has 1 aliphatic heterocycles. The molecule has 1 aliphatic rings. The van der Waals surface area contributed by atoms with Crippen molar-refractivity contribution in [3.8, 4) is 22.9 Å². The largest absolute Gasteiger partial charge is 0.393 e. The van der Waals surface area contributed by atoms with Crippen LogP contribution in [-0.2, 0) is 11.3 Å². The van der Waals surface area contributed by atoms with Crippen molar-refractivity contribution in [2.45, 2.75) is 25.0 Å². The third kappa shape index (κ3) is 4.52. The fourth-order valence-electron chi connectivity index (χ4n) is 4.24. The minimum Gasteiger partial charge on any atom is -0.393 e. The highest BCUT2D eigenvalue weighted by atomic mass is 19.1. The quantitative estimate of drug-likeness (QED) is 0.428.